The van der Waals surface area contributed by atoms with Crippen molar-refractivity contribution < 1.29 is 9.18 Å². The van der Waals surface area contributed by atoms with Gasteiger partial charge in [0, 0.05) is 28.4 Å². The van der Waals surface area contributed by atoms with E-state index in [1.165, 1.54) is 24.4 Å². The van der Waals surface area contributed by atoms with E-state index in [1.807, 2.05) is 13.8 Å². The van der Waals surface area contributed by atoms with Gasteiger partial charge in [0.15, 0.2) is 0 Å². The standard InChI is InChI=1S/C22H22Cl2FN3O/c1-5-28-20-10-19(25)14(8-17(20)13(2)11-22(28,3)4)12-26-27-21(29)16-7-6-15(23)9-18(16)24/h6-12H,5H2,1-4H3,(H,27,29)/b26-12-. The number of nitrogens with one attached hydrogen (secondary N) is 1. The minimum atomic E-state index is -0.503. The van der Waals surface area contributed by atoms with Crippen LogP contribution >= 0.6 is 23.2 Å². The molecule has 0 aromatic heterocycles. The molecule has 29 heavy (non-hydrogen) atoms. The van der Waals surface area contributed by atoms with E-state index < -0.39 is 11.7 Å². The zero-order valence-corrected chi connectivity index (χ0v) is 18.2. The smallest absolute Gasteiger partial charge is 0.272 e. The topological polar surface area (TPSA) is 44.7 Å². The molecule has 3 rings (SSSR count). The highest BCUT2D eigenvalue weighted by atomic mass is 35.5. The Hall–Kier alpha value is -2.37. The van der Waals surface area contributed by atoms with Crippen LogP contribution in [0.3, 0.4) is 0 Å². The summed E-state index contributed by atoms with van der Waals surface area (Å²) in [6, 6.07) is 7.81. The van der Waals surface area contributed by atoms with E-state index in [4.69, 9.17) is 23.2 Å². The molecule has 0 fully saturated rings. The number of benzene rings is 2. The fourth-order valence-electron chi connectivity index (χ4n) is 3.69. The van der Waals surface area contributed by atoms with Crippen LogP contribution in [0, 0.1) is 5.82 Å². The highest BCUT2D eigenvalue weighted by Crippen LogP contribution is 2.39. The molecule has 0 spiro atoms. The van der Waals surface area contributed by atoms with E-state index in [-0.39, 0.29) is 21.7 Å². The highest BCUT2D eigenvalue weighted by molar-refractivity contribution is 6.36. The second-order valence-electron chi connectivity index (χ2n) is 7.44. The summed E-state index contributed by atoms with van der Waals surface area (Å²) in [7, 11) is 0. The fourth-order valence-corrected chi connectivity index (χ4v) is 4.18. The number of carbonyl (C=O) groups excluding carboxylic acids is 1. The molecule has 1 heterocycles. The van der Waals surface area contributed by atoms with Gasteiger partial charge < -0.3 is 4.90 Å². The molecule has 152 valence electrons. The molecule has 0 saturated carbocycles. The van der Waals surface area contributed by atoms with Crippen molar-refractivity contribution in [1.29, 1.82) is 0 Å². The molecule has 0 bridgehead atoms. The van der Waals surface area contributed by atoms with Crippen LogP contribution in [-0.2, 0) is 0 Å². The monoisotopic (exact) mass is 433 g/mol. The number of hydrogen-bond acceptors (Lipinski definition) is 3. The first kappa shape index (κ1) is 21.3. The fraction of sp³-hybridized carbons (Fsp3) is 0.273. The number of fused-ring (bicyclic) bond motifs is 1. The van der Waals surface area contributed by atoms with Gasteiger partial charge >= 0.3 is 0 Å². The van der Waals surface area contributed by atoms with Crippen molar-refractivity contribution in [3.63, 3.8) is 0 Å². The van der Waals surface area contributed by atoms with Crippen molar-refractivity contribution in [3.8, 4) is 0 Å². The molecule has 0 aliphatic carbocycles. The molecule has 1 amide bonds. The number of anilines is 1. The first-order chi connectivity index (χ1) is 13.6. The molecule has 1 N–H and O–H groups in total. The van der Waals surface area contributed by atoms with Crippen LogP contribution in [-0.4, -0.2) is 24.2 Å². The molecule has 1 aliphatic heterocycles. The summed E-state index contributed by atoms with van der Waals surface area (Å²) in [4.78, 5) is 14.4. The first-order valence-electron chi connectivity index (χ1n) is 9.23. The summed E-state index contributed by atoms with van der Waals surface area (Å²) < 4.78 is 14.7. The number of hydrogen-bond donors (Lipinski definition) is 1. The maximum absolute atomic E-state index is 14.7. The number of rotatable bonds is 4. The number of likely N-dealkylation sites (N-methyl/N-ethyl adjacent to an activating group) is 1. The largest absolute Gasteiger partial charge is 0.363 e. The van der Waals surface area contributed by atoms with Gasteiger partial charge in [0.25, 0.3) is 5.91 Å². The van der Waals surface area contributed by atoms with Crippen molar-refractivity contribution in [1.82, 2.24) is 5.43 Å². The summed E-state index contributed by atoms with van der Waals surface area (Å²) in [5.41, 5.74) is 5.56. The maximum Gasteiger partial charge on any atom is 0.272 e. The van der Waals surface area contributed by atoms with Gasteiger partial charge in [-0.1, -0.05) is 29.3 Å². The van der Waals surface area contributed by atoms with E-state index in [0.29, 0.717) is 5.02 Å². The highest BCUT2D eigenvalue weighted by Gasteiger charge is 2.30. The molecule has 0 saturated heterocycles. The number of hydrazone groups is 1. The Bertz CT molecular complexity index is 1030. The molecule has 2 aromatic carbocycles. The van der Waals surface area contributed by atoms with Crippen LogP contribution in [0.1, 0.15) is 49.2 Å². The van der Waals surface area contributed by atoms with Gasteiger partial charge in [0.05, 0.1) is 22.3 Å². The Kier molecular flexibility index (Phi) is 6.01. The molecule has 1 aliphatic rings. The van der Waals surface area contributed by atoms with Gasteiger partial charge in [-0.15, -0.1) is 0 Å². The van der Waals surface area contributed by atoms with E-state index in [9.17, 15) is 9.18 Å². The summed E-state index contributed by atoms with van der Waals surface area (Å²) in [6.07, 6.45) is 3.46. The van der Waals surface area contributed by atoms with E-state index >= 15 is 0 Å². The summed E-state index contributed by atoms with van der Waals surface area (Å²) in [6.45, 7) is 9.03. The Balaban J connectivity index is 1.86. The Morgan fingerprint density at radius 3 is 2.66 bits per heavy atom. The molecule has 0 atom stereocenters. The van der Waals surface area contributed by atoms with Gasteiger partial charge in [-0.25, -0.2) is 9.82 Å². The lowest BCUT2D eigenvalue weighted by atomic mass is 9.88. The molecule has 4 nitrogen and oxygen atoms in total. The number of nitrogens with zero attached hydrogens (tertiary/aromatic N) is 2. The third-order valence-corrected chi connectivity index (χ3v) is 5.51. The Labute approximate surface area is 180 Å². The van der Waals surface area contributed by atoms with E-state index in [1.54, 1.807) is 12.1 Å². The predicted molar refractivity (Wildman–Crippen MR) is 119 cm³/mol. The van der Waals surface area contributed by atoms with Crippen LogP contribution in [0.5, 0.6) is 0 Å². The normalized spacial score (nSPS) is 15.3. The van der Waals surface area contributed by atoms with Crippen LogP contribution in [0.4, 0.5) is 10.1 Å². The number of amides is 1. The van der Waals surface area contributed by atoms with E-state index in [2.05, 4.69) is 35.4 Å². The second kappa shape index (κ2) is 8.17. The SMILES string of the molecule is CCN1c2cc(F)c(/C=N\NC(=O)c3ccc(Cl)cc3Cl)cc2C(C)=CC1(C)C. The van der Waals surface area contributed by atoms with Crippen molar-refractivity contribution in [3.05, 3.63) is 69.0 Å². The summed E-state index contributed by atoms with van der Waals surface area (Å²) in [5, 5.41) is 4.54. The lowest BCUT2D eigenvalue weighted by Crippen LogP contribution is -2.45. The third-order valence-electron chi connectivity index (χ3n) is 4.96. The molecular weight excluding hydrogens is 412 g/mol. The van der Waals surface area contributed by atoms with E-state index in [0.717, 1.165) is 23.4 Å². The van der Waals surface area contributed by atoms with Crippen molar-refractivity contribution >= 4 is 46.6 Å². The number of allylic oxidation sites excluding steroid dienone is 1. The predicted octanol–water partition coefficient (Wildman–Crippen LogP) is 5.92. The molecule has 2 aromatic rings. The Morgan fingerprint density at radius 1 is 1.28 bits per heavy atom. The average molecular weight is 434 g/mol. The average Bonchev–Trinajstić information content (AvgIpc) is 2.62. The zero-order valence-electron chi connectivity index (χ0n) is 16.7. The van der Waals surface area contributed by atoms with Gasteiger partial charge in [0.1, 0.15) is 5.82 Å². The summed E-state index contributed by atoms with van der Waals surface area (Å²) in [5.74, 6) is -0.911. The quantitative estimate of drug-likeness (QED) is 0.480. The van der Waals surface area contributed by atoms with Crippen LogP contribution in [0.25, 0.3) is 5.57 Å². The minimum absolute atomic E-state index is 0.195. The molecular formula is C22H22Cl2FN3O. The zero-order chi connectivity index (χ0) is 21.3. The van der Waals surface area contributed by atoms with Crippen LogP contribution in [0.15, 0.2) is 41.5 Å². The molecule has 0 radical (unpaired) electrons. The maximum atomic E-state index is 14.7. The number of halogens is 3. The van der Waals surface area contributed by atoms with Crippen molar-refractivity contribution in [2.45, 2.75) is 33.2 Å². The lowest BCUT2D eigenvalue weighted by Gasteiger charge is -2.42. The third kappa shape index (κ3) is 4.31. The van der Waals surface area contributed by atoms with Gasteiger partial charge in [-0.2, -0.15) is 5.10 Å². The van der Waals surface area contributed by atoms with Crippen molar-refractivity contribution in [2.75, 3.05) is 11.4 Å². The molecule has 0 unspecified atom stereocenters. The lowest BCUT2D eigenvalue weighted by molar-refractivity contribution is 0.0955. The minimum Gasteiger partial charge on any atom is -0.363 e. The first-order valence-corrected chi connectivity index (χ1v) is 9.99. The van der Waals surface area contributed by atoms with Gasteiger partial charge in [-0.3, -0.25) is 4.79 Å². The number of carbonyl (C=O) groups is 1. The van der Waals surface area contributed by atoms with Gasteiger partial charge in [0.2, 0.25) is 0 Å². The Morgan fingerprint density at radius 2 is 2.00 bits per heavy atom. The second-order valence-corrected chi connectivity index (χ2v) is 8.28. The van der Waals surface area contributed by atoms with Crippen LogP contribution in [0.2, 0.25) is 10.0 Å². The summed E-state index contributed by atoms with van der Waals surface area (Å²) >= 11 is 11.9. The van der Waals surface area contributed by atoms with Crippen molar-refractivity contribution in [2.24, 2.45) is 5.10 Å². The van der Waals surface area contributed by atoms with Gasteiger partial charge in [-0.05, 0) is 63.6 Å². The molecule has 7 heteroatoms. The van der Waals surface area contributed by atoms with Crippen LogP contribution < -0.4 is 10.3 Å².